The van der Waals surface area contributed by atoms with Crippen LogP contribution >= 0.6 is 23.2 Å². The van der Waals surface area contributed by atoms with E-state index in [9.17, 15) is 0 Å². The van der Waals surface area contributed by atoms with Crippen LogP contribution in [0.3, 0.4) is 0 Å². The van der Waals surface area contributed by atoms with Crippen molar-refractivity contribution >= 4 is 29.0 Å². The summed E-state index contributed by atoms with van der Waals surface area (Å²) in [4.78, 5) is 8.86. The van der Waals surface area contributed by atoms with E-state index in [2.05, 4.69) is 15.3 Å². The van der Waals surface area contributed by atoms with Crippen LogP contribution in [-0.2, 0) is 0 Å². The molecule has 4 nitrogen and oxygen atoms in total. The highest BCUT2D eigenvalue weighted by atomic mass is 35.5. The maximum Gasteiger partial charge on any atom is 0.224 e. The number of nitrogens with zero attached hydrogens (tertiary/aromatic N) is 2. The number of halogens is 2. The quantitative estimate of drug-likeness (QED) is 0.827. The lowest BCUT2D eigenvalue weighted by Crippen LogP contribution is -2.05. The first-order chi connectivity index (χ1) is 9.99. The molecule has 0 amide bonds. The van der Waals surface area contributed by atoms with Crippen molar-refractivity contribution < 1.29 is 4.74 Å². The van der Waals surface area contributed by atoms with Crippen LogP contribution in [0.1, 0.15) is 32.5 Å². The Morgan fingerprint density at radius 1 is 1.14 bits per heavy atom. The molecule has 0 spiro atoms. The minimum Gasteiger partial charge on any atom is -0.439 e. The topological polar surface area (TPSA) is 47.0 Å². The van der Waals surface area contributed by atoms with Gasteiger partial charge in [-0.15, -0.1) is 0 Å². The molecule has 0 bridgehead atoms. The van der Waals surface area contributed by atoms with Crippen LogP contribution in [0.25, 0.3) is 0 Å². The van der Waals surface area contributed by atoms with Gasteiger partial charge in [-0.2, -0.15) is 4.98 Å². The van der Waals surface area contributed by atoms with Gasteiger partial charge < -0.3 is 10.1 Å². The first kappa shape index (κ1) is 15.9. The van der Waals surface area contributed by atoms with Gasteiger partial charge in [0.1, 0.15) is 17.4 Å². The molecular weight excluding hydrogens is 309 g/mol. The lowest BCUT2D eigenvalue weighted by atomic mass is 10.2. The molecule has 21 heavy (non-hydrogen) atoms. The van der Waals surface area contributed by atoms with E-state index in [1.807, 2.05) is 20.8 Å². The second kappa shape index (κ2) is 6.96. The number of nitrogens with one attached hydrogen (secondary N) is 1. The number of aromatic nitrogens is 2. The normalized spacial score (nSPS) is 10.8. The van der Waals surface area contributed by atoms with Crippen molar-refractivity contribution in [3.8, 4) is 11.6 Å². The Balaban J connectivity index is 2.31. The van der Waals surface area contributed by atoms with Gasteiger partial charge in [-0.3, -0.25) is 0 Å². The summed E-state index contributed by atoms with van der Waals surface area (Å²) < 4.78 is 5.76. The van der Waals surface area contributed by atoms with Gasteiger partial charge in [0.2, 0.25) is 5.88 Å². The minimum atomic E-state index is 0.208. The molecule has 1 aromatic heterocycles. The first-order valence-corrected chi connectivity index (χ1v) is 7.51. The summed E-state index contributed by atoms with van der Waals surface area (Å²) in [6, 6.07) is 6.86. The second-order valence-electron chi connectivity index (χ2n) is 4.81. The molecule has 1 heterocycles. The highest BCUT2D eigenvalue weighted by Crippen LogP contribution is 2.29. The molecule has 0 saturated carbocycles. The number of hydrogen-bond donors (Lipinski definition) is 1. The van der Waals surface area contributed by atoms with Gasteiger partial charge >= 0.3 is 0 Å². The van der Waals surface area contributed by atoms with Gasteiger partial charge in [-0.25, -0.2) is 4.98 Å². The van der Waals surface area contributed by atoms with Gasteiger partial charge in [-0.05, 0) is 19.1 Å². The summed E-state index contributed by atoms with van der Waals surface area (Å²) in [5.74, 6) is 2.73. The Labute approximate surface area is 134 Å². The molecule has 2 rings (SSSR count). The zero-order chi connectivity index (χ0) is 15.4. The van der Waals surface area contributed by atoms with Crippen LogP contribution < -0.4 is 10.1 Å². The Kier molecular flexibility index (Phi) is 5.26. The van der Waals surface area contributed by atoms with Crippen LogP contribution in [0.2, 0.25) is 10.0 Å². The fourth-order valence-electron chi connectivity index (χ4n) is 1.69. The minimum absolute atomic E-state index is 0.208. The molecule has 0 aliphatic carbocycles. The fraction of sp³-hybridized carbons (Fsp3) is 0.333. The average Bonchev–Trinajstić information content (AvgIpc) is 2.43. The number of rotatable bonds is 5. The van der Waals surface area contributed by atoms with Crippen molar-refractivity contribution in [3.05, 3.63) is 40.1 Å². The van der Waals surface area contributed by atoms with E-state index in [0.29, 0.717) is 21.7 Å². The van der Waals surface area contributed by atoms with E-state index in [1.54, 1.807) is 24.3 Å². The fourth-order valence-corrected chi connectivity index (χ4v) is 1.97. The van der Waals surface area contributed by atoms with E-state index in [1.165, 1.54) is 0 Å². The molecule has 0 aliphatic heterocycles. The summed E-state index contributed by atoms with van der Waals surface area (Å²) in [5, 5.41) is 4.10. The molecular formula is C15H17Cl2N3O. The summed E-state index contributed by atoms with van der Waals surface area (Å²) in [6.07, 6.45) is 0. The molecule has 2 aromatic rings. The van der Waals surface area contributed by atoms with Crippen molar-refractivity contribution in [2.24, 2.45) is 0 Å². The third-order valence-corrected chi connectivity index (χ3v) is 3.45. The van der Waals surface area contributed by atoms with Gasteiger partial charge in [0.05, 0.1) is 10.0 Å². The Morgan fingerprint density at radius 2 is 1.90 bits per heavy atom. The lowest BCUT2D eigenvalue weighted by molar-refractivity contribution is 0.457. The van der Waals surface area contributed by atoms with Gasteiger partial charge in [0.15, 0.2) is 0 Å². The van der Waals surface area contributed by atoms with E-state index in [4.69, 9.17) is 27.9 Å². The second-order valence-corrected chi connectivity index (χ2v) is 5.63. The van der Waals surface area contributed by atoms with Crippen LogP contribution in [0.5, 0.6) is 11.6 Å². The molecule has 0 aliphatic rings. The van der Waals surface area contributed by atoms with Crippen LogP contribution in [-0.4, -0.2) is 16.5 Å². The molecule has 0 radical (unpaired) electrons. The molecule has 6 heteroatoms. The zero-order valence-electron chi connectivity index (χ0n) is 12.2. The summed E-state index contributed by atoms with van der Waals surface area (Å²) in [6.45, 7) is 6.86. The van der Waals surface area contributed by atoms with E-state index in [-0.39, 0.29) is 5.92 Å². The van der Waals surface area contributed by atoms with Crippen molar-refractivity contribution in [3.63, 3.8) is 0 Å². The Hall–Kier alpha value is -1.52. The molecule has 0 atom stereocenters. The standard InChI is InChI=1S/C15H17Cl2N3O/c1-4-18-13-8-14(20-15(19-13)9(2)3)21-10-5-6-11(16)12(17)7-10/h5-9H,4H2,1-3H3,(H,18,19,20). The van der Waals surface area contributed by atoms with Gasteiger partial charge in [0, 0.05) is 24.6 Å². The van der Waals surface area contributed by atoms with Crippen molar-refractivity contribution in [2.45, 2.75) is 26.7 Å². The average molecular weight is 326 g/mol. The third-order valence-electron chi connectivity index (χ3n) is 2.71. The van der Waals surface area contributed by atoms with Crippen LogP contribution in [0.4, 0.5) is 5.82 Å². The van der Waals surface area contributed by atoms with Crippen LogP contribution in [0, 0.1) is 0 Å². The summed E-state index contributed by atoms with van der Waals surface area (Å²) in [7, 11) is 0. The van der Waals surface area contributed by atoms with E-state index in [0.717, 1.165) is 18.2 Å². The highest BCUT2D eigenvalue weighted by molar-refractivity contribution is 6.42. The Bertz CT molecular complexity index is 632. The summed E-state index contributed by atoms with van der Waals surface area (Å²) >= 11 is 11.9. The largest absolute Gasteiger partial charge is 0.439 e. The third kappa shape index (κ3) is 4.22. The predicted molar refractivity (Wildman–Crippen MR) is 86.8 cm³/mol. The molecule has 0 saturated heterocycles. The number of ether oxygens (including phenoxy) is 1. The summed E-state index contributed by atoms with van der Waals surface area (Å²) in [5.41, 5.74) is 0. The number of hydrogen-bond acceptors (Lipinski definition) is 4. The van der Waals surface area contributed by atoms with E-state index >= 15 is 0 Å². The maximum absolute atomic E-state index is 5.99. The lowest BCUT2D eigenvalue weighted by Gasteiger charge is -2.11. The van der Waals surface area contributed by atoms with Gasteiger partial charge in [0.25, 0.3) is 0 Å². The molecule has 0 unspecified atom stereocenters. The maximum atomic E-state index is 5.99. The van der Waals surface area contributed by atoms with Gasteiger partial charge in [-0.1, -0.05) is 37.0 Å². The van der Waals surface area contributed by atoms with Crippen molar-refractivity contribution in [1.29, 1.82) is 0 Å². The number of anilines is 1. The zero-order valence-corrected chi connectivity index (χ0v) is 13.7. The first-order valence-electron chi connectivity index (χ1n) is 6.75. The van der Waals surface area contributed by atoms with Crippen LogP contribution in [0.15, 0.2) is 24.3 Å². The Morgan fingerprint density at radius 3 is 2.52 bits per heavy atom. The number of benzene rings is 1. The van der Waals surface area contributed by atoms with E-state index < -0.39 is 0 Å². The SMILES string of the molecule is CCNc1cc(Oc2ccc(Cl)c(Cl)c2)nc(C(C)C)n1. The van der Waals surface area contributed by atoms with Crippen molar-refractivity contribution in [1.82, 2.24) is 9.97 Å². The van der Waals surface area contributed by atoms with Crippen molar-refractivity contribution in [2.75, 3.05) is 11.9 Å². The highest BCUT2D eigenvalue weighted by Gasteiger charge is 2.10. The molecule has 112 valence electrons. The molecule has 1 aromatic carbocycles. The monoisotopic (exact) mass is 325 g/mol. The predicted octanol–water partition coefficient (Wildman–Crippen LogP) is 5.13. The molecule has 1 N–H and O–H groups in total. The molecule has 0 fully saturated rings. The smallest absolute Gasteiger partial charge is 0.224 e.